The smallest absolute Gasteiger partial charge is 0.307 e. The van der Waals surface area contributed by atoms with Gasteiger partial charge in [0, 0.05) is 16.9 Å². The van der Waals surface area contributed by atoms with Gasteiger partial charge < -0.3 is 4.74 Å². The van der Waals surface area contributed by atoms with Crippen molar-refractivity contribution >= 4 is 17.3 Å². The SMILES string of the molecule is O=C(CC(c1ccccc1)c1ccccc1)OCc1csc(-c2ccccc2)n1. The van der Waals surface area contributed by atoms with E-state index in [1.807, 2.05) is 72.1 Å². The zero-order chi connectivity index (χ0) is 19.9. The van der Waals surface area contributed by atoms with Crippen molar-refractivity contribution < 1.29 is 9.53 Å². The molecule has 1 aromatic heterocycles. The van der Waals surface area contributed by atoms with Gasteiger partial charge in [-0.15, -0.1) is 11.3 Å². The van der Waals surface area contributed by atoms with Crippen molar-refractivity contribution in [3.05, 3.63) is 113 Å². The molecule has 0 aliphatic carbocycles. The summed E-state index contributed by atoms with van der Waals surface area (Å²) in [5, 5.41) is 2.88. The van der Waals surface area contributed by atoms with Crippen LogP contribution in [0.3, 0.4) is 0 Å². The van der Waals surface area contributed by atoms with Crippen molar-refractivity contribution in [1.82, 2.24) is 4.98 Å². The zero-order valence-corrected chi connectivity index (χ0v) is 16.7. The molecule has 0 amide bonds. The maximum absolute atomic E-state index is 12.6. The Morgan fingerprint density at radius 1 is 0.828 bits per heavy atom. The van der Waals surface area contributed by atoms with Gasteiger partial charge in [0.25, 0.3) is 0 Å². The normalized spacial score (nSPS) is 10.8. The first-order valence-corrected chi connectivity index (χ1v) is 10.4. The first-order valence-electron chi connectivity index (χ1n) is 9.55. The Labute approximate surface area is 174 Å². The largest absolute Gasteiger partial charge is 0.459 e. The van der Waals surface area contributed by atoms with Crippen LogP contribution in [0.2, 0.25) is 0 Å². The molecule has 144 valence electrons. The van der Waals surface area contributed by atoms with Crippen LogP contribution in [-0.2, 0) is 16.1 Å². The van der Waals surface area contributed by atoms with Crippen LogP contribution in [-0.4, -0.2) is 11.0 Å². The summed E-state index contributed by atoms with van der Waals surface area (Å²) in [4.78, 5) is 17.2. The van der Waals surface area contributed by atoms with Gasteiger partial charge in [-0.25, -0.2) is 4.98 Å². The van der Waals surface area contributed by atoms with Crippen molar-refractivity contribution in [2.45, 2.75) is 18.9 Å². The second-order valence-corrected chi connectivity index (χ2v) is 7.61. The van der Waals surface area contributed by atoms with E-state index in [-0.39, 0.29) is 18.5 Å². The molecule has 0 atom stereocenters. The Hall–Kier alpha value is -3.24. The van der Waals surface area contributed by atoms with Gasteiger partial charge >= 0.3 is 5.97 Å². The lowest BCUT2D eigenvalue weighted by atomic mass is 9.89. The lowest BCUT2D eigenvalue weighted by molar-refractivity contribution is -0.145. The quantitative estimate of drug-likeness (QED) is 0.354. The van der Waals surface area contributed by atoms with Gasteiger partial charge in [0.05, 0.1) is 12.1 Å². The van der Waals surface area contributed by atoms with E-state index >= 15 is 0 Å². The van der Waals surface area contributed by atoms with Gasteiger partial charge in [0.1, 0.15) is 11.6 Å². The third-order valence-corrected chi connectivity index (χ3v) is 5.67. The second-order valence-electron chi connectivity index (χ2n) is 6.75. The molecular formula is C25H21NO2S. The molecule has 4 rings (SSSR count). The van der Waals surface area contributed by atoms with Crippen molar-refractivity contribution in [1.29, 1.82) is 0 Å². The number of carbonyl (C=O) groups is 1. The molecule has 0 N–H and O–H groups in total. The van der Waals surface area contributed by atoms with Crippen LogP contribution < -0.4 is 0 Å². The highest BCUT2D eigenvalue weighted by Crippen LogP contribution is 2.29. The summed E-state index contributed by atoms with van der Waals surface area (Å²) in [7, 11) is 0. The van der Waals surface area contributed by atoms with Crippen LogP contribution in [0.15, 0.2) is 96.4 Å². The Bertz CT molecular complexity index is 1010. The lowest BCUT2D eigenvalue weighted by Crippen LogP contribution is -2.12. The Balaban J connectivity index is 1.42. The van der Waals surface area contributed by atoms with Crippen molar-refractivity contribution in [2.24, 2.45) is 0 Å². The number of thiazole rings is 1. The van der Waals surface area contributed by atoms with Gasteiger partial charge in [-0.2, -0.15) is 0 Å². The Kier molecular flexibility index (Phi) is 6.13. The molecule has 0 unspecified atom stereocenters. The van der Waals surface area contributed by atoms with Crippen LogP contribution in [0.1, 0.15) is 29.2 Å². The fraction of sp³-hybridized carbons (Fsp3) is 0.120. The van der Waals surface area contributed by atoms with Crippen LogP contribution >= 0.6 is 11.3 Å². The lowest BCUT2D eigenvalue weighted by Gasteiger charge is -2.17. The highest BCUT2D eigenvalue weighted by Gasteiger charge is 2.19. The molecule has 0 spiro atoms. The third kappa shape index (κ3) is 4.98. The molecule has 3 nitrogen and oxygen atoms in total. The van der Waals surface area contributed by atoms with Crippen LogP contribution in [0, 0.1) is 0 Å². The van der Waals surface area contributed by atoms with Crippen LogP contribution in [0.5, 0.6) is 0 Å². The van der Waals surface area contributed by atoms with E-state index in [0.717, 1.165) is 27.4 Å². The molecular weight excluding hydrogens is 378 g/mol. The second kappa shape index (κ2) is 9.30. The summed E-state index contributed by atoms with van der Waals surface area (Å²) in [6.07, 6.45) is 0.295. The topological polar surface area (TPSA) is 39.2 Å². The Morgan fingerprint density at radius 2 is 1.38 bits per heavy atom. The molecule has 0 aliphatic heterocycles. The van der Waals surface area contributed by atoms with E-state index in [0.29, 0.717) is 6.42 Å². The molecule has 0 saturated carbocycles. The van der Waals surface area contributed by atoms with Gasteiger partial charge in [0.2, 0.25) is 0 Å². The van der Waals surface area contributed by atoms with Crippen molar-refractivity contribution in [3.63, 3.8) is 0 Å². The van der Waals surface area contributed by atoms with E-state index in [9.17, 15) is 4.79 Å². The molecule has 0 aliphatic rings. The summed E-state index contributed by atoms with van der Waals surface area (Å²) in [6.45, 7) is 0.193. The first-order chi connectivity index (χ1) is 14.3. The summed E-state index contributed by atoms with van der Waals surface area (Å²) in [5.41, 5.74) is 4.06. The van der Waals surface area contributed by atoms with E-state index < -0.39 is 0 Å². The average molecular weight is 400 g/mol. The predicted molar refractivity (Wildman–Crippen MR) is 117 cm³/mol. The van der Waals surface area contributed by atoms with Gasteiger partial charge in [-0.3, -0.25) is 4.79 Å². The molecule has 1 heterocycles. The average Bonchev–Trinajstić information content (AvgIpc) is 3.27. The summed E-state index contributed by atoms with van der Waals surface area (Å²) >= 11 is 1.56. The molecule has 4 aromatic rings. The highest BCUT2D eigenvalue weighted by molar-refractivity contribution is 7.13. The Morgan fingerprint density at radius 3 is 1.97 bits per heavy atom. The van der Waals surface area contributed by atoms with E-state index in [2.05, 4.69) is 29.2 Å². The number of ether oxygens (including phenoxy) is 1. The molecule has 0 fully saturated rings. The van der Waals surface area contributed by atoms with Gasteiger partial charge in [-0.05, 0) is 11.1 Å². The van der Waals surface area contributed by atoms with Gasteiger partial charge in [0.15, 0.2) is 0 Å². The number of rotatable bonds is 7. The highest BCUT2D eigenvalue weighted by atomic mass is 32.1. The minimum absolute atomic E-state index is 0.0276. The fourth-order valence-electron chi connectivity index (χ4n) is 3.27. The summed E-state index contributed by atoms with van der Waals surface area (Å²) in [5.74, 6) is -0.253. The number of nitrogens with zero attached hydrogens (tertiary/aromatic N) is 1. The standard InChI is InChI=1S/C25H21NO2S/c27-24(28-17-22-18-29-25(26-22)21-14-8-3-9-15-21)16-23(19-10-4-1-5-11-19)20-12-6-2-7-13-20/h1-15,18,23H,16-17H2. The number of hydrogen-bond acceptors (Lipinski definition) is 4. The number of esters is 1. The first kappa shape index (κ1) is 19.1. The monoisotopic (exact) mass is 399 g/mol. The minimum Gasteiger partial charge on any atom is -0.459 e. The number of aromatic nitrogens is 1. The van der Waals surface area contributed by atoms with E-state index in [1.54, 1.807) is 11.3 Å². The summed E-state index contributed by atoms with van der Waals surface area (Å²) < 4.78 is 5.56. The molecule has 0 radical (unpaired) electrons. The van der Waals surface area contributed by atoms with Crippen LogP contribution in [0.4, 0.5) is 0 Å². The van der Waals surface area contributed by atoms with E-state index in [4.69, 9.17) is 4.74 Å². The maximum Gasteiger partial charge on any atom is 0.307 e. The van der Waals surface area contributed by atoms with Gasteiger partial charge in [-0.1, -0.05) is 91.0 Å². The van der Waals surface area contributed by atoms with Crippen LogP contribution in [0.25, 0.3) is 10.6 Å². The number of benzene rings is 3. The molecule has 29 heavy (non-hydrogen) atoms. The van der Waals surface area contributed by atoms with Crippen molar-refractivity contribution in [3.8, 4) is 10.6 Å². The molecule has 0 saturated heterocycles. The third-order valence-electron chi connectivity index (χ3n) is 4.73. The minimum atomic E-state index is -0.225. The summed E-state index contributed by atoms with van der Waals surface area (Å²) in [6, 6.07) is 30.2. The van der Waals surface area contributed by atoms with Crippen molar-refractivity contribution in [2.75, 3.05) is 0 Å². The predicted octanol–water partition coefficient (Wildman–Crippen LogP) is 6.08. The fourth-order valence-corrected chi connectivity index (χ4v) is 4.08. The molecule has 3 aromatic carbocycles. The number of carbonyl (C=O) groups excluding carboxylic acids is 1. The zero-order valence-electron chi connectivity index (χ0n) is 15.9. The maximum atomic E-state index is 12.6. The molecule has 0 bridgehead atoms. The van der Waals surface area contributed by atoms with E-state index in [1.165, 1.54) is 0 Å². The number of hydrogen-bond donors (Lipinski definition) is 0. The molecule has 4 heteroatoms.